The van der Waals surface area contributed by atoms with E-state index in [1.165, 1.54) is 0 Å². The van der Waals surface area contributed by atoms with Gasteiger partial charge in [-0.2, -0.15) is 0 Å². The normalized spacial score (nSPS) is 10.7. The van der Waals surface area contributed by atoms with Gasteiger partial charge in [-0.25, -0.2) is 0 Å². The number of nitrogens with one attached hydrogen (secondary N) is 3. The van der Waals surface area contributed by atoms with Crippen molar-refractivity contribution in [1.29, 1.82) is 0 Å². The standard InChI is InChI=1S/C21H18N4O2/c26-20(13-15-14-22-18-9-3-1-7-16(15)18)23-24-21(27)17-8-2-4-10-19(17)25-11-5-6-12-25/h1-12,14,22H,13H2,(H,23,26)(H,24,27). The molecule has 4 aromatic rings. The SMILES string of the molecule is O=C(Cc1c[nH]c2ccccc12)NNC(=O)c1ccccc1-n1cccc1. The van der Waals surface area contributed by atoms with Gasteiger partial charge in [0.25, 0.3) is 5.91 Å². The summed E-state index contributed by atoms with van der Waals surface area (Å²) >= 11 is 0. The minimum Gasteiger partial charge on any atom is -0.361 e. The van der Waals surface area contributed by atoms with Gasteiger partial charge in [-0.1, -0.05) is 30.3 Å². The van der Waals surface area contributed by atoms with E-state index in [0.717, 1.165) is 22.2 Å². The molecule has 0 aliphatic heterocycles. The van der Waals surface area contributed by atoms with Crippen LogP contribution in [-0.4, -0.2) is 21.4 Å². The molecular formula is C21H18N4O2. The molecule has 3 N–H and O–H groups in total. The third-order valence-corrected chi connectivity index (χ3v) is 4.37. The van der Waals surface area contributed by atoms with Crippen LogP contribution in [0, 0.1) is 0 Å². The van der Waals surface area contributed by atoms with Gasteiger partial charge >= 0.3 is 0 Å². The van der Waals surface area contributed by atoms with Gasteiger partial charge in [0, 0.05) is 29.5 Å². The first-order valence-corrected chi connectivity index (χ1v) is 8.59. The number of hydrogen-bond donors (Lipinski definition) is 3. The summed E-state index contributed by atoms with van der Waals surface area (Å²) in [4.78, 5) is 27.9. The van der Waals surface area contributed by atoms with Gasteiger partial charge in [0.2, 0.25) is 5.91 Å². The Balaban J connectivity index is 1.43. The lowest BCUT2D eigenvalue weighted by atomic mass is 10.1. The predicted molar refractivity (Wildman–Crippen MR) is 103 cm³/mol. The number of hydrazine groups is 1. The van der Waals surface area contributed by atoms with Crippen LogP contribution < -0.4 is 10.9 Å². The number of carbonyl (C=O) groups excluding carboxylic acids is 2. The quantitative estimate of drug-likeness (QED) is 0.491. The number of amides is 2. The third-order valence-electron chi connectivity index (χ3n) is 4.37. The van der Waals surface area contributed by atoms with Crippen LogP contribution in [0.3, 0.4) is 0 Å². The lowest BCUT2D eigenvalue weighted by Crippen LogP contribution is -2.42. The predicted octanol–water partition coefficient (Wildman–Crippen LogP) is 2.96. The van der Waals surface area contributed by atoms with Crippen molar-refractivity contribution in [2.75, 3.05) is 0 Å². The molecule has 0 aliphatic carbocycles. The fraction of sp³-hybridized carbons (Fsp3) is 0.0476. The Kier molecular flexibility index (Phi) is 4.45. The molecule has 2 aromatic heterocycles. The maximum atomic E-state index is 12.5. The number of carbonyl (C=O) groups is 2. The summed E-state index contributed by atoms with van der Waals surface area (Å²) in [5.41, 5.74) is 8.07. The van der Waals surface area contributed by atoms with Crippen molar-refractivity contribution in [3.63, 3.8) is 0 Å². The number of rotatable bonds is 4. The van der Waals surface area contributed by atoms with Crippen molar-refractivity contribution in [2.24, 2.45) is 0 Å². The molecule has 0 atom stereocenters. The molecule has 0 saturated heterocycles. The minimum absolute atomic E-state index is 0.170. The van der Waals surface area contributed by atoms with Crippen LogP contribution in [0.2, 0.25) is 0 Å². The van der Waals surface area contributed by atoms with Crippen molar-refractivity contribution in [2.45, 2.75) is 6.42 Å². The molecule has 2 heterocycles. The number of benzene rings is 2. The second kappa shape index (κ2) is 7.21. The summed E-state index contributed by atoms with van der Waals surface area (Å²) in [5.74, 6) is -0.655. The average Bonchev–Trinajstić information content (AvgIpc) is 3.37. The first-order valence-electron chi connectivity index (χ1n) is 8.59. The molecule has 2 aromatic carbocycles. The van der Waals surface area contributed by atoms with Crippen molar-refractivity contribution in [1.82, 2.24) is 20.4 Å². The van der Waals surface area contributed by atoms with Gasteiger partial charge in [-0.3, -0.25) is 20.4 Å². The fourth-order valence-corrected chi connectivity index (χ4v) is 3.07. The van der Waals surface area contributed by atoms with Gasteiger partial charge < -0.3 is 9.55 Å². The van der Waals surface area contributed by atoms with Gasteiger partial charge in [0.1, 0.15) is 0 Å². The molecule has 0 radical (unpaired) electrons. The number of nitrogens with zero attached hydrogens (tertiary/aromatic N) is 1. The number of fused-ring (bicyclic) bond motifs is 1. The van der Waals surface area contributed by atoms with E-state index in [1.807, 2.05) is 71.7 Å². The van der Waals surface area contributed by atoms with Crippen LogP contribution >= 0.6 is 0 Å². The van der Waals surface area contributed by atoms with Crippen LogP contribution in [-0.2, 0) is 11.2 Å². The molecule has 6 nitrogen and oxygen atoms in total. The van der Waals surface area contributed by atoms with Crippen molar-refractivity contribution in [3.05, 3.63) is 90.4 Å². The van der Waals surface area contributed by atoms with Crippen LogP contribution in [0.5, 0.6) is 0 Å². The lowest BCUT2D eigenvalue weighted by molar-refractivity contribution is -0.121. The van der Waals surface area contributed by atoms with E-state index in [2.05, 4.69) is 15.8 Å². The highest BCUT2D eigenvalue weighted by atomic mass is 16.2. The molecular weight excluding hydrogens is 340 g/mol. The first-order chi connectivity index (χ1) is 13.2. The Labute approximate surface area is 155 Å². The number of hydrogen-bond acceptors (Lipinski definition) is 2. The summed E-state index contributed by atoms with van der Waals surface area (Å²) in [6.07, 6.45) is 5.71. The molecule has 0 bridgehead atoms. The minimum atomic E-state index is -0.369. The number of aromatic amines is 1. The second-order valence-corrected chi connectivity index (χ2v) is 6.15. The van der Waals surface area contributed by atoms with Crippen molar-refractivity contribution < 1.29 is 9.59 Å². The Bertz CT molecular complexity index is 1100. The van der Waals surface area contributed by atoms with Crippen molar-refractivity contribution in [3.8, 4) is 5.69 Å². The van der Waals surface area contributed by atoms with E-state index in [9.17, 15) is 9.59 Å². The van der Waals surface area contributed by atoms with Gasteiger partial charge in [-0.15, -0.1) is 0 Å². The van der Waals surface area contributed by atoms with E-state index in [-0.39, 0.29) is 18.2 Å². The summed E-state index contributed by atoms with van der Waals surface area (Å²) in [6, 6.07) is 18.8. The summed E-state index contributed by atoms with van der Waals surface area (Å²) < 4.78 is 1.85. The molecule has 27 heavy (non-hydrogen) atoms. The number of H-pyrrole nitrogens is 1. The van der Waals surface area contributed by atoms with Crippen LogP contribution in [0.15, 0.2) is 79.3 Å². The molecule has 4 rings (SSSR count). The Morgan fingerprint density at radius 1 is 0.889 bits per heavy atom. The highest BCUT2D eigenvalue weighted by Crippen LogP contribution is 2.18. The van der Waals surface area contributed by atoms with Crippen molar-refractivity contribution >= 4 is 22.7 Å². The molecule has 0 fully saturated rings. The highest BCUT2D eigenvalue weighted by molar-refractivity contribution is 5.99. The monoisotopic (exact) mass is 358 g/mol. The van der Waals surface area contributed by atoms with E-state index < -0.39 is 0 Å². The molecule has 0 spiro atoms. The van der Waals surface area contributed by atoms with Crippen LogP contribution in [0.4, 0.5) is 0 Å². The third kappa shape index (κ3) is 3.46. The molecule has 2 amide bonds. The van der Waals surface area contributed by atoms with Gasteiger partial charge in [0.05, 0.1) is 17.7 Å². The molecule has 134 valence electrons. The Morgan fingerprint density at radius 3 is 2.48 bits per heavy atom. The molecule has 0 saturated carbocycles. The highest BCUT2D eigenvalue weighted by Gasteiger charge is 2.14. The smallest absolute Gasteiger partial charge is 0.271 e. The second-order valence-electron chi connectivity index (χ2n) is 6.15. The van der Waals surface area contributed by atoms with Crippen LogP contribution in [0.1, 0.15) is 15.9 Å². The summed E-state index contributed by atoms with van der Waals surface area (Å²) in [7, 11) is 0. The van der Waals surface area contributed by atoms with E-state index in [4.69, 9.17) is 0 Å². The maximum Gasteiger partial charge on any atom is 0.271 e. The summed E-state index contributed by atoms with van der Waals surface area (Å²) in [6.45, 7) is 0. The van der Waals surface area contributed by atoms with E-state index in [1.54, 1.807) is 12.1 Å². The van der Waals surface area contributed by atoms with E-state index in [0.29, 0.717) is 5.56 Å². The average molecular weight is 358 g/mol. The largest absolute Gasteiger partial charge is 0.361 e. The van der Waals surface area contributed by atoms with Gasteiger partial charge in [0.15, 0.2) is 0 Å². The zero-order valence-electron chi connectivity index (χ0n) is 14.5. The lowest BCUT2D eigenvalue weighted by Gasteiger charge is -2.11. The Morgan fingerprint density at radius 2 is 1.63 bits per heavy atom. The fourth-order valence-electron chi connectivity index (χ4n) is 3.07. The topological polar surface area (TPSA) is 78.9 Å². The first kappa shape index (κ1) is 16.7. The molecule has 0 aliphatic rings. The maximum absolute atomic E-state index is 12.5. The van der Waals surface area contributed by atoms with E-state index >= 15 is 0 Å². The Hall–Kier alpha value is -3.80. The zero-order chi connectivity index (χ0) is 18.6. The summed E-state index contributed by atoms with van der Waals surface area (Å²) in [5, 5.41) is 0.997. The number of aromatic nitrogens is 2. The van der Waals surface area contributed by atoms with Gasteiger partial charge in [-0.05, 0) is 35.9 Å². The van der Waals surface area contributed by atoms with Crippen LogP contribution in [0.25, 0.3) is 16.6 Å². The molecule has 0 unspecified atom stereocenters. The molecule has 6 heteroatoms. The number of para-hydroxylation sites is 2. The zero-order valence-corrected chi connectivity index (χ0v) is 14.5.